The van der Waals surface area contributed by atoms with E-state index in [1.54, 1.807) is 0 Å². The van der Waals surface area contributed by atoms with Gasteiger partial charge in [0.2, 0.25) is 10.0 Å². The summed E-state index contributed by atoms with van der Waals surface area (Å²) in [6.45, 7) is 0.168. The van der Waals surface area contributed by atoms with Crippen molar-refractivity contribution in [2.45, 2.75) is 11.0 Å². The fourth-order valence-corrected chi connectivity index (χ4v) is 3.23. The molecule has 0 spiro atoms. The second-order valence-electron chi connectivity index (χ2n) is 5.87. The normalized spacial score (nSPS) is 12.5. The minimum absolute atomic E-state index is 0.130. The van der Waals surface area contributed by atoms with Crippen LogP contribution in [0.2, 0.25) is 0 Å². The Hall–Kier alpha value is -2.92. The largest absolute Gasteiger partial charge is 0.387 e. The van der Waals surface area contributed by atoms with Crippen LogP contribution >= 0.6 is 0 Å². The van der Waals surface area contributed by atoms with E-state index in [2.05, 4.69) is 5.32 Å². The molecule has 3 aromatic rings. The van der Waals surface area contributed by atoms with Crippen LogP contribution in [0.1, 0.15) is 17.2 Å². The van der Waals surface area contributed by atoms with Crippen LogP contribution in [0.15, 0.2) is 65.6 Å². The van der Waals surface area contributed by atoms with Crippen molar-refractivity contribution in [3.63, 3.8) is 0 Å². The van der Waals surface area contributed by atoms with Gasteiger partial charge in [0.05, 0.1) is 22.3 Å². The standard InChI is InChI=1S/C19H17N3O3S/c20-11-16-10-17(26(21,24)25)7-8-18(16)22-12-19(23)15-6-5-13-3-1-2-4-14(13)9-15/h1-10,19,22-23H,12H2,(H2,21,24,25). The molecule has 0 saturated carbocycles. The van der Waals surface area contributed by atoms with Gasteiger partial charge in [-0.15, -0.1) is 0 Å². The van der Waals surface area contributed by atoms with E-state index in [1.807, 2.05) is 48.5 Å². The Morgan fingerprint density at radius 3 is 2.50 bits per heavy atom. The Morgan fingerprint density at radius 1 is 1.08 bits per heavy atom. The van der Waals surface area contributed by atoms with E-state index in [-0.39, 0.29) is 17.0 Å². The summed E-state index contributed by atoms with van der Waals surface area (Å²) < 4.78 is 22.8. The maximum atomic E-state index is 11.4. The van der Waals surface area contributed by atoms with Crippen LogP contribution in [0.25, 0.3) is 10.8 Å². The summed E-state index contributed by atoms with van der Waals surface area (Å²) >= 11 is 0. The molecule has 0 saturated heterocycles. The van der Waals surface area contributed by atoms with Crippen LogP contribution in [0, 0.1) is 11.3 Å². The predicted octanol–water partition coefficient (Wildman–Crippen LogP) is 2.50. The molecular weight excluding hydrogens is 350 g/mol. The molecule has 0 fully saturated rings. The van der Waals surface area contributed by atoms with Gasteiger partial charge in [0.25, 0.3) is 0 Å². The first kappa shape index (κ1) is 17.9. The number of fused-ring (bicyclic) bond motifs is 1. The van der Waals surface area contributed by atoms with Gasteiger partial charge in [-0.1, -0.05) is 36.4 Å². The molecule has 7 heteroatoms. The number of hydrogen-bond acceptors (Lipinski definition) is 5. The van der Waals surface area contributed by atoms with Crippen molar-refractivity contribution < 1.29 is 13.5 Å². The quantitative estimate of drug-likeness (QED) is 0.641. The van der Waals surface area contributed by atoms with Gasteiger partial charge in [-0.2, -0.15) is 5.26 Å². The average Bonchev–Trinajstić information content (AvgIpc) is 2.64. The number of aliphatic hydroxyl groups excluding tert-OH is 1. The second-order valence-corrected chi connectivity index (χ2v) is 7.43. The Labute approximate surface area is 151 Å². The van der Waals surface area contributed by atoms with Crippen LogP contribution in [0.5, 0.6) is 0 Å². The number of nitriles is 1. The number of sulfonamides is 1. The van der Waals surface area contributed by atoms with E-state index in [4.69, 9.17) is 5.14 Å². The summed E-state index contributed by atoms with van der Waals surface area (Å²) in [5.74, 6) is 0. The van der Waals surface area contributed by atoms with Crippen molar-refractivity contribution in [3.8, 4) is 6.07 Å². The van der Waals surface area contributed by atoms with Crippen molar-refractivity contribution >= 4 is 26.5 Å². The van der Waals surface area contributed by atoms with Gasteiger partial charge in [0, 0.05) is 6.54 Å². The van der Waals surface area contributed by atoms with Gasteiger partial charge >= 0.3 is 0 Å². The van der Waals surface area contributed by atoms with E-state index in [0.717, 1.165) is 16.3 Å². The van der Waals surface area contributed by atoms with Crippen LogP contribution in [0.4, 0.5) is 5.69 Å². The van der Waals surface area contributed by atoms with Crippen LogP contribution in [0.3, 0.4) is 0 Å². The number of hydrogen-bond donors (Lipinski definition) is 3. The maximum absolute atomic E-state index is 11.4. The summed E-state index contributed by atoms with van der Waals surface area (Å²) in [7, 11) is -3.88. The summed E-state index contributed by atoms with van der Waals surface area (Å²) in [6, 6.07) is 19.5. The van der Waals surface area contributed by atoms with Crippen molar-refractivity contribution in [1.29, 1.82) is 5.26 Å². The molecule has 1 unspecified atom stereocenters. The molecule has 0 heterocycles. The highest BCUT2D eigenvalue weighted by Gasteiger charge is 2.13. The lowest BCUT2D eigenvalue weighted by Crippen LogP contribution is -2.15. The molecular formula is C19H17N3O3S. The van der Waals surface area contributed by atoms with Gasteiger partial charge in [0.1, 0.15) is 6.07 Å². The number of aliphatic hydroxyl groups is 1. The van der Waals surface area contributed by atoms with Crippen molar-refractivity contribution in [2.75, 3.05) is 11.9 Å². The number of anilines is 1. The minimum Gasteiger partial charge on any atom is -0.387 e. The Kier molecular flexibility index (Phi) is 4.91. The molecule has 4 N–H and O–H groups in total. The first-order chi connectivity index (χ1) is 12.4. The zero-order valence-electron chi connectivity index (χ0n) is 13.8. The third-order valence-corrected chi connectivity index (χ3v) is 5.00. The molecule has 0 bridgehead atoms. The lowest BCUT2D eigenvalue weighted by atomic mass is 10.0. The molecule has 132 valence electrons. The third kappa shape index (κ3) is 3.83. The molecule has 0 aliphatic heterocycles. The molecule has 3 rings (SSSR count). The van der Waals surface area contributed by atoms with Crippen LogP contribution in [-0.4, -0.2) is 20.1 Å². The monoisotopic (exact) mass is 367 g/mol. The van der Waals surface area contributed by atoms with Gasteiger partial charge < -0.3 is 10.4 Å². The first-order valence-corrected chi connectivity index (χ1v) is 9.41. The van der Waals surface area contributed by atoms with E-state index in [1.165, 1.54) is 18.2 Å². The highest BCUT2D eigenvalue weighted by Crippen LogP contribution is 2.23. The second kappa shape index (κ2) is 7.14. The topological polar surface area (TPSA) is 116 Å². The van der Waals surface area contributed by atoms with Gasteiger partial charge in [-0.05, 0) is 40.6 Å². The van der Waals surface area contributed by atoms with Crippen molar-refractivity contribution in [3.05, 3.63) is 71.8 Å². The molecule has 0 aliphatic rings. The Morgan fingerprint density at radius 2 is 1.81 bits per heavy atom. The van der Waals surface area contributed by atoms with E-state index >= 15 is 0 Å². The van der Waals surface area contributed by atoms with Gasteiger partial charge in [-0.25, -0.2) is 13.6 Å². The Balaban J connectivity index is 1.78. The highest BCUT2D eigenvalue weighted by molar-refractivity contribution is 7.89. The van der Waals surface area contributed by atoms with Crippen LogP contribution in [-0.2, 0) is 10.0 Å². The Bertz CT molecular complexity index is 1100. The van der Waals surface area contributed by atoms with Gasteiger partial charge in [0.15, 0.2) is 0 Å². The molecule has 0 aromatic heterocycles. The van der Waals surface area contributed by atoms with Gasteiger partial charge in [-0.3, -0.25) is 0 Å². The van der Waals surface area contributed by atoms with E-state index in [0.29, 0.717) is 5.69 Å². The molecule has 6 nitrogen and oxygen atoms in total. The molecule has 0 radical (unpaired) electrons. The summed E-state index contributed by atoms with van der Waals surface area (Å²) in [5, 5.41) is 29.8. The number of nitrogens with two attached hydrogens (primary N) is 1. The summed E-state index contributed by atoms with van der Waals surface area (Å²) in [5.41, 5.74) is 1.32. The molecule has 0 amide bonds. The number of rotatable bonds is 5. The fourth-order valence-electron chi connectivity index (χ4n) is 2.69. The minimum atomic E-state index is -3.88. The molecule has 26 heavy (non-hydrogen) atoms. The smallest absolute Gasteiger partial charge is 0.238 e. The zero-order valence-corrected chi connectivity index (χ0v) is 14.6. The first-order valence-electron chi connectivity index (χ1n) is 7.86. The van der Waals surface area contributed by atoms with E-state index < -0.39 is 16.1 Å². The fraction of sp³-hybridized carbons (Fsp3) is 0.105. The third-order valence-electron chi connectivity index (χ3n) is 4.08. The SMILES string of the molecule is N#Cc1cc(S(N)(=O)=O)ccc1NCC(O)c1ccc2ccccc2c1. The summed E-state index contributed by atoms with van der Waals surface area (Å²) in [4.78, 5) is -0.130. The summed E-state index contributed by atoms with van der Waals surface area (Å²) in [6.07, 6.45) is -0.788. The lowest BCUT2D eigenvalue weighted by molar-refractivity contribution is 0.192. The van der Waals surface area contributed by atoms with Crippen molar-refractivity contribution in [2.24, 2.45) is 5.14 Å². The number of nitrogens with one attached hydrogen (secondary N) is 1. The maximum Gasteiger partial charge on any atom is 0.238 e. The molecule has 1 atom stereocenters. The van der Waals surface area contributed by atoms with Crippen molar-refractivity contribution in [1.82, 2.24) is 0 Å². The number of benzene rings is 3. The van der Waals surface area contributed by atoms with E-state index in [9.17, 15) is 18.8 Å². The number of primary sulfonamides is 1. The predicted molar refractivity (Wildman–Crippen MR) is 99.9 cm³/mol. The average molecular weight is 367 g/mol. The zero-order chi connectivity index (χ0) is 18.7. The molecule has 3 aromatic carbocycles. The lowest BCUT2D eigenvalue weighted by Gasteiger charge is -2.15. The molecule has 0 aliphatic carbocycles. The van der Waals surface area contributed by atoms with Crippen LogP contribution < -0.4 is 10.5 Å². The number of nitrogens with zero attached hydrogens (tertiary/aromatic N) is 1. The highest BCUT2D eigenvalue weighted by atomic mass is 32.2.